The highest BCUT2D eigenvalue weighted by atomic mass is 19.3. The van der Waals surface area contributed by atoms with Crippen LogP contribution in [0, 0.1) is 5.95 Å². The minimum Gasteiger partial charge on any atom is -0.344 e. The van der Waals surface area contributed by atoms with E-state index in [0.717, 1.165) is 4.90 Å². The Balaban J connectivity index is 1.53. The van der Waals surface area contributed by atoms with Crippen molar-refractivity contribution in [2.45, 2.75) is 25.7 Å². The van der Waals surface area contributed by atoms with Gasteiger partial charge in [0.15, 0.2) is 5.78 Å². The van der Waals surface area contributed by atoms with E-state index in [0.29, 0.717) is 22.5 Å². The largest absolute Gasteiger partial charge is 0.344 e. The maximum atomic E-state index is 15.5. The van der Waals surface area contributed by atoms with E-state index in [-0.39, 0.29) is 22.9 Å². The van der Waals surface area contributed by atoms with E-state index in [9.17, 15) is 23.2 Å². The molecule has 190 valence electrons. The van der Waals surface area contributed by atoms with Crippen molar-refractivity contribution in [3.8, 4) is 11.1 Å². The van der Waals surface area contributed by atoms with Gasteiger partial charge in [0.25, 0.3) is 5.92 Å². The smallest absolute Gasteiger partial charge is 0.282 e. The van der Waals surface area contributed by atoms with Crippen molar-refractivity contribution in [1.29, 1.82) is 0 Å². The Morgan fingerprint density at radius 3 is 2.51 bits per heavy atom. The van der Waals surface area contributed by atoms with E-state index in [1.807, 2.05) is 0 Å². The molecule has 1 N–H and O–H groups in total. The lowest BCUT2D eigenvalue weighted by atomic mass is 9.98. The molecule has 5 rings (SSSR count). The maximum Gasteiger partial charge on any atom is 0.282 e. The van der Waals surface area contributed by atoms with Crippen molar-refractivity contribution in [2.24, 2.45) is 0 Å². The quantitative estimate of drug-likeness (QED) is 0.412. The number of alkyl halides is 2. The number of nitrogens with zero attached hydrogens (tertiary/aromatic N) is 4. The van der Waals surface area contributed by atoms with Gasteiger partial charge in [-0.05, 0) is 44.2 Å². The molecule has 4 heterocycles. The van der Waals surface area contributed by atoms with Gasteiger partial charge < -0.3 is 15.1 Å². The summed E-state index contributed by atoms with van der Waals surface area (Å²) in [6.45, 7) is 1.30. The van der Waals surface area contributed by atoms with Crippen molar-refractivity contribution >= 4 is 34.8 Å². The molecule has 2 aliphatic heterocycles. The molecule has 2 aromatic heterocycles. The normalized spacial score (nSPS) is 17.9. The number of pyridine rings is 2. The first-order chi connectivity index (χ1) is 17.5. The van der Waals surface area contributed by atoms with Crippen molar-refractivity contribution in [1.82, 2.24) is 9.97 Å². The zero-order valence-electron chi connectivity index (χ0n) is 20.0. The second kappa shape index (κ2) is 8.99. The summed E-state index contributed by atoms with van der Waals surface area (Å²) >= 11 is 0. The minimum atomic E-state index is -2.91. The Morgan fingerprint density at radius 1 is 1.16 bits per heavy atom. The summed E-state index contributed by atoms with van der Waals surface area (Å²) in [6, 6.07) is 10.8. The van der Waals surface area contributed by atoms with Crippen LogP contribution in [-0.4, -0.2) is 53.1 Å². The average molecular weight is 509 g/mol. The highest BCUT2D eigenvalue weighted by Gasteiger charge is 2.45. The van der Waals surface area contributed by atoms with E-state index in [1.54, 1.807) is 43.3 Å². The Morgan fingerprint density at radius 2 is 1.86 bits per heavy atom. The lowest BCUT2D eigenvalue weighted by Crippen LogP contribution is -2.56. The summed E-state index contributed by atoms with van der Waals surface area (Å²) < 4.78 is 42.5. The molecule has 0 unspecified atom stereocenters. The monoisotopic (exact) mass is 509 g/mol. The highest BCUT2D eigenvalue weighted by molar-refractivity contribution is 6.09. The van der Waals surface area contributed by atoms with E-state index < -0.39 is 49.2 Å². The molecule has 0 radical (unpaired) electrons. The van der Waals surface area contributed by atoms with E-state index in [1.165, 1.54) is 24.1 Å². The van der Waals surface area contributed by atoms with E-state index in [2.05, 4.69) is 15.3 Å². The molecule has 3 aromatic rings. The zero-order valence-corrected chi connectivity index (χ0v) is 20.0. The predicted molar refractivity (Wildman–Crippen MR) is 130 cm³/mol. The fourth-order valence-corrected chi connectivity index (χ4v) is 4.53. The molecule has 1 saturated heterocycles. The van der Waals surface area contributed by atoms with Crippen LogP contribution < -0.4 is 15.1 Å². The molecule has 0 bridgehead atoms. The third kappa shape index (κ3) is 4.52. The van der Waals surface area contributed by atoms with E-state index >= 15 is 4.39 Å². The number of halogens is 3. The Labute approximate surface area is 210 Å². The molecule has 0 saturated carbocycles. The molecule has 1 atom stereocenters. The summed E-state index contributed by atoms with van der Waals surface area (Å²) in [5.41, 5.74) is 1.55. The number of benzene rings is 1. The van der Waals surface area contributed by atoms with Crippen LogP contribution in [0.5, 0.6) is 0 Å². The van der Waals surface area contributed by atoms with Gasteiger partial charge in [0.2, 0.25) is 17.8 Å². The number of hydrogen-bond acceptors (Lipinski definition) is 6. The molecule has 1 fully saturated rings. The van der Waals surface area contributed by atoms with Gasteiger partial charge in [0.05, 0.1) is 36.0 Å². The maximum absolute atomic E-state index is 15.5. The molecule has 11 heteroatoms. The van der Waals surface area contributed by atoms with Crippen LogP contribution in [0.3, 0.4) is 0 Å². The van der Waals surface area contributed by atoms with Crippen molar-refractivity contribution < 1.29 is 27.6 Å². The van der Waals surface area contributed by atoms with Crippen LogP contribution in [0.15, 0.2) is 48.7 Å². The molecule has 8 nitrogen and oxygen atoms in total. The summed E-state index contributed by atoms with van der Waals surface area (Å²) in [7, 11) is 0. The number of rotatable bonds is 5. The molecule has 0 spiro atoms. The first-order valence-corrected chi connectivity index (χ1v) is 11.5. The van der Waals surface area contributed by atoms with Crippen LogP contribution in [-0.2, 0) is 9.59 Å². The van der Waals surface area contributed by atoms with Gasteiger partial charge in [-0.15, -0.1) is 0 Å². The second-order valence-electron chi connectivity index (χ2n) is 9.14. The molecular weight excluding hydrogens is 487 g/mol. The first-order valence-electron chi connectivity index (χ1n) is 11.5. The molecule has 2 aliphatic rings. The van der Waals surface area contributed by atoms with E-state index in [4.69, 9.17) is 0 Å². The molecule has 2 amide bonds. The average Bonchev–Trinajstić information content (AvgIpc) is 2.92. The van der Waals surface area contributed by atoms with Crippen molar-refractivity contribution in [3.63, 3.8) is 0 Å². The number of Topliss-reactive ketones (excluding diaryl/α,β-unsaturated/α-hetero) is 1. The third-order valence-corrected chi connectivity index (χ3v) is 6.43. The van der Waals surface area contributed by atoms with Crippen LogP contribution in [0.25, 0.3) is 11.1 Å². The summed E-state index contributed by atoms with van der Waals surface area (Å²) in [5, 5.41) is 2.67. The molecule has 37 heavy (non-hydrogen) atoms. The fraction of sp³-hybridized carbons (Fsp3) is 0.269. The Bertz CT molecular complexity index is 1420. The lowest BCUT2D eigenvalue weighted by molar-refractivity contribution is -0.122. The number of ketones is 1. The number of anilines is 3. The SMILES string of the molecule is CC(=O)c1ccc(NC(=O)CN2C(=O)[C@@H](C)c3ncccc3-c3c2cc(N2CC(F)(F)C2)nc3F)cc1. The van der Waals surface area contributed by atoms with Crippen molar-refractivity contribution in [3.05, 3.63) is 65.9 Å². The van der Waals surface area contributed by atoms with Crippen LogP contribution in [0.2, 0.25) is 0 Å². The number of fused-ring (bicyclic) bond motifs is 3. The number of carbonyl (C=O) groups excluding carboxylic acids is 3. The minimum absolute atomic E-state index is 0.0320. The van der Waals surface area contributed by atoms with Gasteiger partial charge in [-0.2, -0.15) is 4.39 Å². The van der Waals surface area contributed by atoms with Crippen LogP contribution >= 0.6 is 0 Å². The Hall–Kier alpha value is -4.28. The number of hydrogen-bond donors (Lipinski definition) is 1. The standard InChI is InChI=1S/C26H22F3N5O3/c1-14-23-18(4-3-9-30-23)22-19(10-20(32-24(22)27)33-12-26(28,29)13-33)34(25(14)37)11-21(36)31-17-7-5-16(6-8-17)15(2)35/h3-10,14H,11-13H2,1-2H3,(H,31,36)/t14-/m0/s1. The van der Waals surface area contributed by atoms with Crippen LogP contribution in [0.4, 0.5) is 30.4 Å². The first kappa shape index (κ1) is 24.4. The van der Waals surface area contributed by atoms with Gasteiger partial charge in [-0.25, -0.2) is 13.8 Å². The number of nitrogens with one attached hydrogen (secondary N) is 1. The topological polar surface area (TPSA) is 95.5 Å². The van der Waals surface area contributed by atoms with Crippen molar-refractivity contribution in [2.75, 3.05) is 34.8 Å². The second-order valence-corrected chi connectivity index (χ2v) is 9.14. The number of aromatic nitrogens is 2. The fourth-order valence-electron chi connectivity index (χ4n) is 4.53. The number of amides is 2. The van der Waals surface area contributed by atoms with Gasteiger partial charge in [0.1, 0.15) is 12.4 Å². The summed E-state index contributed by atoms with van der Waals surface area (Å²) in [5.74, 6) is -5.95. The van der Waals surface area contributed by atoms with Gasteiger partial charge in [-0.3, -0.25) is 19.4 Å². The predicted octanol–water partition coefficient (Wildman–Crippen LogP) is 4.03. The molecular formula is C26H22F3N5O3. The Kier molecular flexibility index (Phi) is 5.93. The summed E-state index contributed by atoms with van der Waals surface area (Å²) in [4.78, 5) is 48.6. The number of carbonyl (C=O) groups is 3. The zero-order chi connectivity index (χ0) is 26.5. The van der Waals surface area contributed by atoms with Gasteiger partial charge in [-0.1, -0.05) is 6.07 Å². The lowest BCUT2D eigenvalue weighted by Gasteiger charge is -2.40. The van der Waals surface area contributed by atoms with Gasteiger partial charge >= 0.3 is 0 Å². The van der Waals surface area contributed by atoms with Gasteiger partial charge in [0, 0.05) is 29.1 Å². The third-order valence-electron chi connectivity index (χ3n) is 6.43. The highest BCUT2D eigenvalue weighted by Crippen LogP contribution is 2.43. The summed E-state index contributed by atoms with van der Waals surface area (Å²) in [6.07, 6.45) is 1.48. The van der Waals surface area contributed by atoms with Crippen LogP contribution in [0.1, 0.15) is 35.8 Å². The molecule has 0 aliphatic carbocycles. The molecule has 1 aromatic carbocycles.